The summed E-state index contributed by atoms with van der Waals surface area (Å²) in [4.78, 5) is 0. The summed E-state index contributed by atoms with van der Waals surface area (Å²) in [5.41, 5.74) is 0.913. The number of hydrogen-bond donors (Lipinski definition) is 0. The summed E-state index contributed by atoms with van der Waals surface area (Å²) in [5, 5.41) is 0.701. The van der Waals surface area contributed by atoms with Crippen LogP contribution in [0, 0.1) is 0 Å². The number of ether oxygens (including phenoxy) is 1. The fourth-order valence-corrected chi connectivity index (χ4v) is 5.84. The summed E-state index contributed by atoms with van der Waals surface area (Å²) in [5.74, 6) is -1.72. The van der Waals surface area contributed by atoms with E-state index in [1.54, 1.807) is 12.1 Å². The van der Waals surface area contributed by atoms with E-state index in [0.717, 1.165) is 17.1 Å². The van der Waals surface area contributed by atoms with Crippen molar-refractivity contribution in [2.45, 2.75) is 22.2 Å². The molecular weight excluding hydrogens is 380 g/mol. The highest BCUT2D eigenvalue weighted by Crippen LogP contribution is 2.35. The number of rotatable bonds is 7. The Balaban J connectivity index is 1.83. The Kier molecular flexibility index (Phi) is 7.68. The number of benzene rings is 1. The van der Waals surface area contributed by atoms with E-state index in [1.165, 1.54) is 12.1 Å². The highest BCUT2D eigenvalue weighted by molar-refractivity contribution is 8.19. The van der Waals surface area contributed by atoms with Gasteiger partial charge in [0, 0.05) is 16.8 Å². The van der Waals surface area contributed by atoms with Crippen molar-refractivity contribution in [1.82, 2.24) is 0 Å². The molecular formula is C16H18F4OS3. The van der Waals surface area contributed by atoms with Gasteiger partial charge in [0.2, 0.25) is 0 Å². The van der Waals surface area contributed by atoms with Crippen LogP contribution in [0.15, 0.2) is 30.3 Å². The van der Waals surface area contributed by atoms with E-state index in [-0.39, 0.29) is 5.75 Å². The van der Waals surface area contributed by atoms with Gasteiger partial charge in [-0.25, -0.2) is 8.78 Å². The van der Waals surface area contributed by atoms with Crippen LogP contribution in [-0.4, -0.2) is 46.5 Å². The molecule has 0 radical (unpaired) electrons. The van der Waals surface area contributed by atoms with E-state index in [2.05, 4.69) is 12.3 Å². The maximum absolute atomic E-state index is 12.8. The number of alkyl halides is 4. The Morgan fingerprint density at radius 3 is 2.42 bits per heavy atom. The average molecular weight is 399 g/mol. The Hall–Kier alpha value is -0.470. The van der Waals surface area contributed by atoms with Crippen molar-refractivity contribution in [2.24, 2.45) is 0 Å². The van der Waals surface area contributed by atoms with Crippen LogP contribution >= 0.6 is 35.3 Å². The fraction of sp³-hybridized carbons (Fsp3) is 0.500. The molecule has 1 fully saturated rings. The zero-order valence-electron chi connectivity index (χ0n) is 13.0. The van der Waals surface area contributed by atoms with Gasteiger partial charge >= 0.3 is 12.3 Å². The Morgan fingerprint density at radius 2 is 1.88 bits per heavy atom. The van der Waals surface area contributed by atoms with Crippen molar-refractivity contribution in [3.05, 3.63) is 35.9 Å². The van der Waals surface area contributed by atoms with Gasteiger partial charge in [-0.05, 0) is 24.0 Å². The predicted octanol–water partition coefficient (Wildman–Crippen LogP) is 5.52. The molecule has 0 spiro atoms. The molecule has 0 atom stereocenters. The van der Waals surface area contributed by atoms with Gasteiger partial charge in [-0.3, -0.25) is 0 Å². The van der Waals surface area contributed by atoms with Crippen molar-refractivity contribution in [1.29, 1.82) is 0 Å². The summed E-state index contributed by atoms with van der Waals surface area (Å²) in [6.45, 7) is -1.33. The minimum atomic E-state index is -4.14. The first-order chi connectivity index (χ1) is 11.4. The van der Waals surface area contributed by atoms with Crippen molar-refractivity contribution < 1.29 is 22.3 Å². The molecule has 0 amide bonds. The first-order valence-corrected chi connectivity index (χ1v) is 10.6. The lowest BCUT2D eigenvalue weighted by Crippen LogP contribution is -2.33. The molecule has 1 nitrogen and oxygen atoms in total. The predicted molar refractivity (Wildman–Crippen MR) is 97.9 cm³/mol. The van der Waals surface area contributed by atoms with Gasteiger partial charge in [-0.2, -0.15) is 20.5 Å². The second kappa shape index (κ2) is 9.29. The summed E-state index contributed by atoms with van der Waals surface area (Å²) in [7, 11) is 0. The van der Waals surface area contributed by atoms with Crippen molar-refractivity contribution in [3.63, 3.8) is 0 Å². The van der Waals surface area contributed by atoms with E-state index >= 15 is 0 Å². The maximum Gasteiger partial charge on any atom is 0.340 e. The number of thioether (sulfide) groups is 3. The summed E-state index contributed by atoms with van der Waals surface area (Å²) in [6, 6.07) is 6.45. The first-order valence-electron chi connectivity index (χ1n) is 7.24. The molecule has 2 rings (SSSR count). The molecule has 1 saturated heterocycles. The maximum atomic E-state index is 12.8. The van der Waals surface area contributed by atoms with Crippen molar-refractivity contribution in [3.8, 4) is 5.75 Å². The smallest absolute Gasteiger partial charge is 0.340 e. The normalized spacial score (nSPS) is 22.2. The van der Waals surface area contributed by atoms with E-state index in [0.29, 0.717) is 9.83 Å². The van der Waals surface area contributed by atoms with Crippen LogP contribution in [0.1, 0.15) is 5.56 Å². The molecule has 1 aromatic rings. The molecule has 24 heavy (non-hydrogen) atoms. The van der Waals surface area contributed by atoms with Crippen molar-refractivity contribution >= 4 is 41.4 Å². The molecule has 0 unspecified atom stereocenters. The molecule has 134 valence electrons. The number of halogens is 4. The minimum Gasteiger partial charge on any atom is -0.487 e. The highest BCUT2D eigenvalue weighted by atomic mass is 32.2. The van der Waals surface area contributed by atoms with E-state index in [4.69, 9.17) is 4.74 Å². The third-order valence-corrected chi connectivity index (χ3v) is 7.70. The molecule has 0 N–H and O–H groups in total. The summed E-state index contributed by atoms with van der Waals surface area (Å²) in [6.07, 6.45) is 2.49. The first kappa shape index (κ1) is 19.8. The molecule has 8 heteroatoms. The molecule has 1 aliphatic rings. The van der Waals surface area contributed by atoms with Crippen LogP contribution in [0.4, 0.5) is 17.6 Å². The van der Waals surface area contributed by atoms with E-state index in [9.17, 15) is 17.6 Å². The zero-order chi connectivity index (χ0) is 17.6. The van der Waals surface area contributed by atoms with Gasteiger partial charge in [0.25, 0.3) is 0 Å². The molecule has 0 aliphatic carbocycles. The van der Waals surface area contributed by atoms with Crippen LogP contribution in [0.25, 0.3) is 6.08 Å². The van der Waals surface area contributed by atoms with E-state index in [1.807, 2.05) is 41.4 Å². The Bertz CT molecular complexity index is 529. The SMILES string of the molecule is CSC1CSC(/C=C/c2ccc(OCC(F)(F)C(F)F)cc2)SC1. The second-order valence-electron chi connectivity index (χ2n) is 5.17. The third kappa shape index (κ3) is 6.11. The lowest BCUT2D eigenvalue weighted by Gasteiger charge is -2.24. The van der Waals surface area contributed by atoms with Gasteiger partial charge in [-0.15, -0.1) is 23.5 Å². The van der Waals surface area contributed by atoms with Crippen LogP contribution in [0.2, 0.25) is 0 Å². The van der Waals surface area contributed by atoms with Gasteiger partial charge in [-0.1, -0.05) is 24.3 Å². The van der Waals surface area contributed by atoms with Gasteiger partial charge in [0.05, 0.1) is 4.58 Å². The standard InChI is InChI=1S/C16H18F4OS3/c1-22-13-8-23-14(24-9-13)7-4-11-2-5-12(6-3-11)21-10-16(19,20)15(17)18/h2-7,13-15H,8-10H2,1H3/b7-4+. The molecule has 1 aliphatic heterocycles. The van der Waals surface area contributed by atoms with E-state index < -0.39 is 19.0 Å². The van der Waals surface area contributed by atoms with Crippen LogP contribution in [-0.2, 0) is 0 Å². The average Bonchev–Trinajstić information content (AvgIpc) is 2.59. The van der Waals surface area contributed by atoms with Gasteiger partial charge in [0.1, 0.15) is 5.75 Å². The van der Waals surface area contributed by atoms with Crippen LogP contribution in [0.3, 0.4) is 0 Å². The van der Waals surface area contributed by atoms with Gasteiger partial charge < -0.3 is 4.74 Å². The summed E-state index contributed by atoms with van der Waals surface area (Å²) < 4.78 is 54.9. The molecule has 1 heterocycles. The molecule has 0 bridgehead atoms. The second-order valence-corrected chi connectivity index (χ2v) is 8.96. The van der Waals surface area contributed by atoms with Crippen LogP contribution in [0.5, 0.6) is 5.75 Å². The lowest BCUT2D eigenvalue weighted by molar-refractivity contribution is -0.148. The lowest BCUT2D eigenvalue weighted by atomic mass is 10.2. The molecule has 0 aromatic heterocycles. The largest absolute Gasteiger partial charge is 0.487 e. The fourth-order valence-electron chi connectivity index (χ4n) is 1.86. The molecule has 1 aromatic carbocycles. The quantitative estimate of drug-likeness (QED) is 0.559. The van der Waals surface area contributed by atoms with Crippen molar-refractivity contribution in [2.75, 3.05) is 24.4 Å². The third-order valence-electron chi connectivity index (χ3n) is 3.30. The van der Waals surface area contributed by atoms with Crippen LogP contribution < -0.4 is 4.74 Å². The Morgan fingerprint density at radius 1 is 1.25 bits per heavy atom. The summed E-state index contributed by atoms with van der Waals surface area (Å²) >= 11 is 5.71. The monoisotopic (exact) mass is 398 g/mol. The minimum absolute atomic E-state index is 0.150. The zero-order valence-corrected chi connectivity index (χ0v) is 15.4. The topological polar surface area (TPSA) is 9.23 Å². The molecule has 0 saturated carbocycles. The Labute approximate surface area is 152 Å². The highest BCUT2D eigenvalue weighted by Gasteiger charge is 2.41. The van der Waals surface area contributed by atoms with Gasteiger partial charge in [0.15, 0.2) is 6.61 Å². The number of hydrogen-bond acceptors (Lipinski definition) is 4.